The van der Waals surface area contributed by atoms with E-state index in [9.17, 15) is 4.79 Å². The number of aryl methyl sites for hydroxylation is 2. The summed E-state index contributed by atoms with van der Waals surface area (Å²) in [5.41, 5.74) is 3.24. The fraction of sp³-hybridized carbons (Fsp3) is 0.667. The monoisotopic (exact) mass is 272 g/mol. The highest BCUT2D eigenvalue weighted by molar-refractivity contribution is 5.85. The van der Waals surface area contributed by atoms with Gasteiger partial charge >= 0.3 is 0 Å². The Kier molecular flexibility index (Phi) is 5.16. The van der Waals surface area contributed by atoms with Gasteiger partial charge in [-0.1, -0.05) is 0 Å². The number of halogens is 1. The molecule has 102 valence electrons. The molecule has 1 atom stereocenters. The van der Waals surface area contributed by atoms with Gasteiger partial charge in [0.25, 0.3) is 0 Å². The number of carbonyl (C=O) groups excluding carboxylic acids is 1. The molecule has 0 radical (unpaired) electrons. The van der Waals surface area contributed by atoms with Crippen molar-refractivity contribution in [2.75, 3.05) is 13.1 Å². The molecule has 1 unspecified atom stereocenters. The fourth-order valence-electron chi connectivity index (χ4n) is 2.27. The van der Waals surface area contributed by atoms with Gasteiger partial charge in [0.15, 0.2) is 0 Å². The van der Waals surface area contributed by atoms with Crippen molar-refractivity contribution in [1.29, 1.82) is 0 Å². The number of nitrogens with one attached hydrogen (secondary N) is 2. The smallest absolute Gasteiger partial charge is 0.224 e. The molecule has 2 rings (SSSR count). The summed E-state index contributed by atoms with van der Waals surface area (Å²) in [7, 11) is 1.93. The van der Waals surface area contributed by atoms with Crippen molar-refractivity contribution in [2.45, 2.75) is 26.8 Å². The molecule has 1 fully saturated rings. The molecule has 1 aromatic heterocycles. The lowest BCUT2D eigenvalue weighted by Crippen LogP contribution is -2.31. The number of rotatable bonds is 3. The molecule has 0 bridgehead atoms. The Labute approximate surface area is 114 Å². The summed E-state index contributed by atoms with van der Waals surface area (Å²) < 4.78 is 1.86. The van der Waals surface area contributed by atoms with Crippen LogP contribution in [0.4, 0.5) is 0 Å². The number of hydrogen-bond donors (Lipinski definition) is 2. The van der Waals surface area contributed by atoms with Crippen LogP contribution in [0, 0.1) is 19.8 Å². The highest BCUT2D eigenvalue weighted by Gasteiger charge is 2.22. The Bertz CT molecular complexity index is 424. The highest BCUT2D eigenvalue weighted by atomic mass is 35.5. The van der Waals surface area contributed by atoms with E-state index < -0.39 is 0 Å². The molecule has 6 heteroatoms. The van der Waals surface area contributed by atoms with E-state index >= 15 is 0 Å². The predicted molar refractivity (Wildman–Crippen MR) is 72.8 cm³/mol. The molecule has 0 aromatic carbocycles. The van der Waals surface area contributed by atoms with Gasteiger partial charge in [0.05, 0.1) is 11.6 Å². The average molecular weight is 273 g/mol. The highest BCUT2D eigenvalue weighted by Crippen LogP contribution is 2.12. The van der Waals surface area contributed by atoms with Crippen LogP contribution in [0.2, 0.25) is 0 Å². The Morgan fingerprint density at radius 3 is 2.78 bits per heavy atom. The van der Waals surface area contributed by atoms with Gasteiger partial charge in [-0.3, -0.25) is 9.48 Å². The van der Waals surface area contributed by atoms with E-state index in [1.165, 1.54) is 0 Å². The molecule has 2 heterocycles. The minimum absolute atomic E-state index is 0. The van der Waals surface area contributed by atoms with Gasteiger partial charge in [0.2, 0.25) is 5.91 Å². The Hall–Kier alpha value is -1.07. The van der Waals surface area contributed by atoms with E-state index in [0.29, 0.717) is 6.54 Å². The van der Waals surface area contributed by atoms with Crippen molar-refractivity contribution < 1.29 is 4.79 Å². The largest absolute Gasteiger partial charge is 0.352 e. The molecule has 1 aromatic rings. The SMILES string of the molecule is Cc1nn(C)c(C)c1CNC(=O)C1CCNC1.Cl. The quantitative estimate of drug-likeness (QED) is 0.851. The van der Waals surface area contributed by atoms with Crippen molar-refractivity contribution in [3.63, 3.8) is 0 Å². The van der Waals surface area contributed by atoms with Gasteiger partial charge in [-0.25, -0.2) is 0 Å². The number of aromatic nitrogens is 2. The van der Waals surface area contributed by atoms with Crippen LogP contribution in [0.1, 0.15) is 23.4 Å². The molecule has 0 aliphatic carbocycles. The summed E-state index contributed by atoms with van der Waals surface area (Å²) in [5.74, 6) is 0.282. The van der Waals surface area contributed by atoms with E-state index in [0.717, 1.165) is 36.5 Å². The van der Waals surface area contributed by atoms with Crippen molar-refractivity contribution in [2.24, 2.45) is 13.0 Å². The molecule has 2 N–H and O–H groups in total. The molecule has 18 heavy (non-hydrogen) atoms. The molecule has 1 saturated heterocycles. The maximum Gasteiger partial charge on any atom is 0.224 e. The third kappa shape index (κ3) is 3.03. The third-order valence-corrected chi connectivity index (χ3v) is 3.53. The standard InChI is InChI=1S/C12H20N4O.ClH/c1-8-11(9(2)16(3)15-8)7-14-12(17)10-4-5-13-6-10;/h10,13H,4-7H2,1-3H3,(H,14,17);1H. The van der Waals surface area contributed by atoms with Crippen LogP contribution >= 0.6 is 12.4 Å². The third-order valence-electron chi connectivity index (χ3n) is 3.53. The van der Waals surface area contributed by atoms with Gasteiger partial charge in [-0.05, 0) is 26.8 Å². The van der Waals surface area contributed by atoms with E-state index in [1.807, 2.05) is 25.6 Å². The minimum atomic E-state index is 0. The van der Waals surface area contributed by atoms with E-state index in [2.05, 4.69) is 15.7 Å². The van der Waals surface area contributed by atoms with Crippen LogP contribution in [0.25, 0.3) is 0 Å². The van der Waals surface area contributed by atoms with Crippen molar-refractivity contribution >= 4 is 18.3 Å². The zero-order chi connectivity index (χ0) is 12.4. The average Bonchev–Trinajstić information content (AvgIpc) is 2.88. The maximum absolute atomic E-state index is 11.9. The number of carbonyl (C=O) groups is 1. The first-order valence-corrected chi connectivity index (χ1v) is 6.07. The van der Waals surface area contributed by atoms with E-state index in [-0.39, 0.29) is 24.2 Å². The normalized spacial score (nSPS) is 18.5. The van der Waals surface area contributed by atoms with Crippen LogP contribution in [-0.2, 0) is 18.4 Å². The Balaban J connectivity index is 0.00000162. The summed E-state index contributed by atoms with van der Waals surface area (Å²) >= 11 is 0. The van der Waals surface area contributed by atoms with Crippen molar-refractivity contribution in [3.8, 4) is 0 Å². The molecule has 1 aliphatic rings. The first-order valence-electron chi connectivity index (χ1n) is 6.07. The number of nitrogens with zero attached hydrogens (tertiary/aromatic N) is 2. The lowest BCUT2D eigenvalue weighted by Gasteiger charge is -2.10. The van der Waals surface area contributed by atoms with Crippen molar-refractivity contribution in [1.82, 2.24) is 20.4 Å². The van der Waals surface area contributed by atoms with E-state index in [4.69, 9.17) is 0 Å². The summed E-state index contributed by atoms with van der Waals surface area (Å²) in [6.07, 6.45) is 0.941. The van der Waals surface area contributed by atoms with Crippen LogP contribution in [-0.4, -0.2) is 28.8 Å². The Morgan fingerprint density at radius 2 is 2.28 bits per heavy atom. The molecule has 5 nitrogen and oxygen atoms in total. The van der Waals surface area contributed by atoms with Crippen LogP contribution in [0.3, 0.4) is 0 Å². The summed E-state index contributed by atoms with van der Waals surface area (Å²) in [4.78, 5) is 11.9. The predicted octanol–water partition coefficient (Wildman–Crippen LogP) is 0.684. The Morgan fingerprint density at radius 1 is 1.56 bits per heavy atom. The molecule has 1 aliphatic heterocycles. The number of hydrogen-bond acceptors (Lipinski definition) is 3. The summed E-state index contributed by atoms with van der Waals surface area (Å²) in [5, 5.41) is 10.5. The first kappa shape index (κ1) is 15.0. The number of amides is 1. The van der Waals surface area contributed by atoms with Gasteiger partial charge in [0, 0.05) is 31.4 Å². The first-order chi connectivity index (χ1) is 8.09. The maximum atomic E-state index is 11.9. The second-order valence-electron chi connectivity index (χ2n) is 4.68. The van der Waals surface area contributed by atoms with Gasteiger partial charge < -0.3 is 10.6 Å². The second-order valence-corrected chi connectivity index (χ2v) is 4.68. The lowest BCUT2D eigenvalue weighted by molar-refractivity contribution is -0.124. The van der Waals surface area contributed by atoms with Crippen molar-refractivity contribution in [3.05, 3.63) is 17.0 Å². The minimum Gasteiger partial charge on any atom is -0.352 e. The van der Waals surface area contributed by atoms with Crippen LogP contribution in [0.15, 0.2) is 0 Å². The zero-order valence-electron chi connectivity index (χ0n) is 11.1. The lowest BCUT2D eigenvalue weighted by atomic mass is 10.1. The second kappa shape index (κ2) is 6.20. The van der Waals surface area contributed by atoms with Crippen LogP contribution in [0.5, 0.6) is 0 Å². The van der Waals surface area contributed by atoms with Crippen LogP contribution < -0.4 is 10.6 Å². The fourth-order valence-corrected chi connectivity index (χ4v) is 2.27. The van der Waals surface area contributed by atoms with E-state index in [1.54, 1.807) is 0 Å². The van der Waals surface area contributed by atoms with Gasteiger partial charge in [-0.15, -0.1) is 12.4 Å². The topological polar surface area (TPSA) is 59.0 Å². The summed E-state index contributed by atoms with van der Waals surface area (Å²) in [6.45, 7) is 6.34. The molecular formula is C12H21ClN4O. The zero-order valence-corrected chi connectivity index (χ0v) is 11.9. The summed E-state index contributed by atoms with van der Waals surface area (Å²) in [6, 6.07) is 0. The molecule has 1 amide bonds. The molecule has 0 spiro atoms. The van der Waals surface area contributed by atoms with Gasteiger partial charge in [-0.2, -0.15) is 5.10 Å². The molecular weight excluding hydrogens is 252 g/mol. The van der Waals surface area contributed by atoms with Gasteiger partial charge in [0.1, 0.15) is 0 Å². The molecule has 0 saturated carbocycles.